The summed E-state index contributed by atoms with van der Waals surface area (Å²) in [7, 11) is 0. The van der Waals surface area contributed by atoms with E-state index >= 15 is 0 Å². The second-order valence-corrected chi connectivity index (χ2v) is 7.24. The minimum atomic E-state index is -0.157. The van der Waals surface area contributed by atoms with E-state index in [0.717, 1.165) is 25.7 Å². The molecule has 0 N–H and O–H groups in total. The Morgan fingerprint density at radius 3 is 2.55 bits per heavy atom. The van der Waals surface area contributed by atoms with E-state index < -0.39 is 0 Å². The first-order valence-corrected chi connectivity index (χ1v) is 8.56. The van der Waals surface area contributed by atoms with Crippen molar-refractivity contribution in [3.8, 4) is 0 Å². The molecule has 112 valence electrons. The van der Waals surface area contributed by atoms with Gasteiger partial charge in [-0.25, -0.2) is 0 Å². The average Bonchev–Trinajstić information content (AvgIpc) is 3.10. The molecular formula is C18H28O2. The molecule has 0 aromatic heterocycles. The Kier molecular flexibility index (Phi) is 3.92. The van der Waals surface area contributed by atoms with E-state index in [0.29, 0.717) is 17.8 Å². The Morgan fingerprint density at radius 2 is 2.00 bits per heavy atom. The highest BCUT2D eigenvalue weighted by Gasteiger charge is 2.46. The maximum atomic E-state index is 12.7. The van der Waals surface area contributed by atoms with Gasteiger partial charge in [0.25, 0.3) is 0 Å². The summed E-state index contributed by atoms with van der Waals surface area (Å²) in [5, 5.41) is 0. The van der Waals surface area contributed by atoms with Crippen molar-refractivity contribution >= 4 is 5.97 Å². The van der Waals surface area contributed by atoms with Crippen molar-refractivity contribution in [1.29, 1.82) is 0 Å². The van der Waals surface area contributed by atoms with Gasteiger partial charge in [0.2, 0.25) is 0 Å². The summed E-state index contributed by atoms with van der Waals surface area (Å²) in [6.45, 7) is 4.48. The Balaban J connectivity index is 1.70. The average molecular weight is 276 g/mol. The van der Waals surface area contributed by atoms with Gasteiger partial charge >= 0.3 is 5.97 Å². The van der Waals surface area contributed by atoms with Crippen LogP contribution in [0.15, 0.2) is 12.2 Å². The zero-order chi connectivity index (χ0) is 14.2. The zero-order valence-electron chi connectivity index (χ0n) is 12.9. The van der Waals surface area contributed by atoms with Crippen LogP contribution in [0.2, 0.25) is 0 Å². The molecule has 0 amide bonds. The number of allylic oxidation sites excluding steroid dienone is 2. The van der Waals surface area contributed by atoms with Gasteiger partial charge in [0.15, 0.2) is 0 Å². The molecule has 0 heterocycles. The number of hydrogen-bond donors (Lipinski definition) is 0. The fourth-order valence-corrected chi connectivity index (χ4v) is 4.55. The van der Waals surface area contributed by atoms with E-state index in [1.165, 1.54) is 25.7 Å². The number of hydrogen-bond acceptors (Lipinski definition) is 2. The van der Waals surface area contributed by atoms with Gasteiger partial charge in [-0.05, 0) is 62.7 Å². The quantitative estimate of drug-likeness (QED) is 0.558. The van der Waals surface area contributed by atoms with Gasteiger partial charge in [0, 0.05) is 0 Å². The largest absolute Gasteiger partial charge is 0.459 e. The first-order chi connectivity index (χ1) is 9.64. The third-order valence-corrected chi connectivity index (χ3v) is 6.10. The molecule has 2 saturated carbocycles. The molecule has 4 atom stereocenters. The molecule has 0 aromatic rings. The number of rotatable bonds is 4. The molecule has 4 unspecified atom stereocenters. The number of esters is 1. The molecule has 0 saturated heterocycles. The van der Waals surface area contributed by atoms with Crippen LogP contribution >= 0.6 is 0 Å². The maximum Gasteiger partial charge on any atom is 0.310 e. The Labute approximate surface area is 123 Å². The van der Waals surface area contributed by atoms with Crippen molar-refractivity contribution in [1.82, 2.24) is 0 Å². The summed E-state index contributed by atoms with van der Waals surface area (Å²) in [6, 6.07) is 0. The summed E-state index contributed by atoms with van der Waals surface area (Å²) in [5.41, 5.74) is -0.157. The van der Waals surface area contributed by atoms with E-state index in [9.17, 15) is 4.79 Å². The normalized spacial score (nSPS) is 36.0. The van der Waals surface area contributed by atoms with Crippen LogP contribution in [0, 0.1) is 23.7 Å². The predicted molar refractivity (Wildman–Crippen MR) is 80.2 cm³/mol. The Bertz CT molecular complexity index is 392. The first kappa shape index (κ1) is 14.2. The summed E-state index contributed by atoms with van der Waals surface area (Å²) >= 11 is 0. The monoisotopic (exact) mass is 276 g/mol. The lowest BCUT2D eigenvalue weighted by molar-refractivity contribution is -0.176. The van der Waals surface area contributed by atoms with E-state index in [1.807, 2.05) is 0 Å². The Morgan fingerprint density at radius 1 is 1.25 bits per heavy atom. The molecule has 0 aromatic carbocycles. The maximum absolute atomic E-state index is 12.7. The highest BCUT2D eigenvalue weighted by Crippen LogP contribution is 2.46. The van der Waals surface area contributed by atoms with Crippen molar-refractivity contribution in [3.63, 3.8) is 0 Å². The van der Waals surface area contributed by atoms with Gasteiger partial charge in [0.05, 0.1) is 5.92 Å². The third kappa shape index (κ3) is 2.42. The number of fused-ring (bicyclic) bond motifs is 2. The smallest absolute Gasteiger partial charge is 0.310 e. The SMILES string of the molecule is CCC(C)C1(OC(=O)C2CC3C=CC2C3)CCCCC1. The lowest BCUT2D eigenvalue weighted by Gasteiger charge is -2.42. The second kappa shape index (κ2) is 5.54. The van der Waals surface area contributed by atoms with Gasteiger partial charge in [-0.2, -0.15) is 0 Å². The lowest BCUT2D eigenvalue weighted by atomic mass is 9.75. The molecular weight excluding hydrogens is 248 g/mol. The first-order valence-electron chi connectivity index (χ1n) is 8.56. The molecule has 2 bridgehead atoms. The van der Waals surface area contributed by atoms with Crippen LogP contribution in [-0.2, 0) is 9.53 Å². The summed E-state index contributed by atoms with van der Waals surface area (Å²) in [6.07, 6.45) is 13.7. The fourth-order valence-electron chi connectivity index (χ4n) is 4.55. The van der Waals surface area contributed by atoms with Gasteiger partial charge in [-0.1, -0.05) is 32.4 Å². The summed E-state index contributed by atoms with van der Waals surface area (Å²) in [5.74, 6) is 1.84. The van der Waals surface area contributed by atoms with Crippen molar-refractivity contribution in [2.45, 2.75) is 70.8 Å². The van der Waals surface area contributed by atoms with Gasteiger partial charge in [-0.3, -0.25) is 4.79 Å². The zero-order valence-corrected chi connectivity index (χ0v) is 12.9. The molecule has 2 fully saturated rings. The number of ether oxygens (including phenoxy) is 1. The number of carbonyl (C=O) groups excluding carboxylic acids is 1. The standard InChI is InChI=1S/C18H28O2/c1-3-13(2)18(9-5-4-6-10-18)20-17(19)16-12-14-7-8-15(16)11-14/h7-8,13-16H,3-6,9-12H2,1-2H3. The van der Waals surface area contributed by atoms with Gasteiger partial charge in [0.1, 0.15) is 5.60 Å². The minimum Gasteiger partial charge on any atom is -0.459 e. The van der Waals surface area contributed by atoms with Crippen LogP contribution in [0.4, 0.5) is 0 Å². The minimum absolute atomic E-state index is 0.101. The Hall–Kier alpha value is -0.790. The van der Waals surface area contributed by atoms with E-state index in [1.54, 1.807) is 0 Å². The van der Waals surface area contributed by atoms with E-state index in [-0.39, 0.29) is 17.5 Å². The van der Waals surface area contributed by atoms with Crippen LogP contribution in [-0.4, -0.2) is 11.6 Å². The van der Waals surface area contributed by atoms with Gasteiger partial charge in [-0.15, -0.1) is 0 Å². The predicted octanol–water partition coefficient (Wildman–Crippen LogP) is 4.49. The molecule has 2 nitrogen and oxygen atoms in total. The molecule has 3 rings (SSSR count). The van der Waals surface area contributed by atoms with Crippen molar-refractivity contribution in [3.05, 3.63) is 12.2 Å². The van der Waals surface area contributed by atoms with Crippen LogP contribution in [0.3, 0.4) is 0 Å². The van der Waals surface area contributed by atoms with Crippen molar-refractivity contribution in [2.24, 2.45) is 23.7 Å². The second-order valence-electron chi connectivity index (χ2n) is 7.24. The summed E-state index contributed by atoms with van der Waals surface area (Å²) < 4.78 is 6.20. The van der Waals surface area contributed by atoms with Crippen molar-refractivity contribution < 1.29 is 9.53 Å². The van der Waals surface area contributed by atoms with Crippen LogP contribution in [0.25, 0.3) is 0 Å². The number of carbonyl (C=O) groups is 1. The summed E-state index contributed by atoms with van der Waals surface area (Å²) in [4.78, 5) is 12.7. The van der Waals surface area contributed by atoms with E-state index in [4.69, 9.17) is 4.74 Å². The highest BCUT2D eigenvalue weighted by molar-refractivity contribution is 5.74. The molecule has 3 aliphatic carbocycles. The molecule has 20 heavy (non-hydrogen) atoms. The molecule has 0 aliphatic heterocycles. The highest BCUT2D eigenvalue weighted by atomic mass is 16.6. The molecule has 3 aliphatic rings. The molecule has 2 heteroatoms. The molecule has 0 spiro atoms. The fraction of sp³-hybridized carbons (Fsp3) is 0.833. The van der Waals surface area contributed by atoms with E-state index in [2.05, 4.69) is 26.0 Å². The van der Waals surface area contributed by atoms with Crippen LogP contribution in [0.5, 0.6) is 0 Å². The van der Waals surface area contributed by atoms with Crippen LogP contribution in [0.1, 0.15) is 65.2 Å². The topological polar surface area (TPSA) is 26.3 Å². The van der Waals surface area contributed by atoms with Gasteiger partial charge < -0.3 is 4.74 Å². The third-order valence-electron chi connectivity index (χ3n) is 6.10. The molecule has 0 radical (unpaired) electrons. The van der Waals surface area contributed by atoms with Crippen molar-refractivity contribution in [2.75, 3.05) is 0 Å². The lowest BCUT2D eigenvalue weighted by Crippen LogP contribution is -2.44. The van der Waals surface area contributed by atoms with Crippen LogP contribution < -0.4 is 0 Å².